The summed E-state index contributed by atoms with van der Waals surface area (Å²) in [6, 6.07) is 2.82. The molecular weight excluding hydrogens is 364 g/mol. The summed E-state index contributed by atoms with van der Waals surface area (Å²) in [4.78, 5) is 28.4. The quantitative estimate of drug-likeness (QED) is 0.819. The number of halogens is 1. The smallest absolute Gasteiger partial charge is 0.348 e. The van der Waals surface area contributed by atoms with Gasteiger partial charge in [0.1, 0.15) is 11.6 Å². The molecule has 23 heavy (non-hydrogen) atoms. The van der Waals surface area contributed by atoms with E-state index in [2.05, 4.69) is 26.2 Å². The van der Waals surface area contributed by atoms with Crippen LogP contribution in [-0.2, 0) is 9.53 Å². The third-order valence-electron chi connectivity index (χ3n) is 3.09. The van der Waals surface area contributed by atoms with Crippen LogP contribution in [0.1, 0.15) is 33.3 Å². The largest absolute Gasteiger partial charge is 0.458 e. The fourth-order valence-electron chi connectivity index (χ4n) is 1.99. The molecule has 0 saturated heterocycles. The van der Waals surface area contributed by atoms with Crippen LogP contribution in [0.25, 0.3) is 10.9 Å². The maximum Gasteiger partial charge on any atom is 0.348 e. The lowest BCUT2D eigenvalue weighted by Crippen LogP contribution is -2.35. The van der Waals surface area contributed by atoms with Crippen molar-refractivity contribution in [3.63, 3.8) is 0 Å². The molecule has 0 fully saturated rings. The van der Waals surface area contributed by atoms with Crippen LogP contribution in [0.5, 0.6) is 0 Å². The first-order valence-electron chi connectivity index (χ1n) is 7.18. The number of hydrogen-bond acceptors (Lipinski definition) is 6. The minimum absolute atomic E-state index is 0.0115. The molecule has 2 rings (SSSR count). The second-order valence-corrected chi connectivity index (χ2v) is 7.13. The molecule has 0 aliphatic heterocycles. The molecule has 1 N–H and O–H groups in total. The molecule has 1 heterocycles. The van der Waals surface area contributed by atoms with Crippen molar-refractivity contribution in [2.24, 2.45) is 0 Å². The Morgan fingerprint density at radius 1 is 1.39 bits per heavy atom. The van der Waals surface area contributed by atoms with Crippen LogP contribution < -0.4 is 10.9 Å². The third kappa shape index (κ3) is 4.10. The van der Waals surface area contributed by atoms with Gasteiger partial charge in [0.2, 0.25) is 0 Å². The Bertz CT molecular complexity index is 808. The van der Waals surface area contributed by atoms with Gasteiger partial charge in [0.15, 0.2) is 0 Å². The van der Waals surface area contributed by atoms with Crippen molar-refractivity contribution in [1.29, 1.82) is 0 Å². The average molecular weight is 383 g/mol. The second kappa shape index (κ2) is 6.31. The lowest BCUT2D eigenvalue weighted by molar-refractivity contribution is -0.155. The number of rotatable bonds is 3. The van der Waals surface area contributed by atoms with Crippen LogP contribution in [0.2, 0.25) is 0 Å². The minimum Gasteiger partial charge on any atom is -0.458 e. The van der Waals surface area contributed by atoms with Crippen molar-refractivity contribution < 1.29 is 13.9 Å². The van der Waals surface area contributed by atoms with Crippen molar-refractivity contribution in [2.75, 3.05) is 5.32 Å². The van der Waals surface area contributed by atoms with Crippen LogP contribution in [0, 0.1) is 6.92 Å². The van der Waals surface area contributed by atoms with Gasteiger partial charge in [-0.2, -0.15) is 4.98 Å². The van der Waals surface area contributed by atoms with Gasteiger partial charge in [-0.3, -0.25) is 0 Å². The van der Waals surface area contributed by atoms with Gasteiger partial charge in [-0.15, -0.1) is 0 Å². The van der Waals surface area contributed by atoms with Gasteiger partial charge < -0.3 is 14.5 Å². The zero-order chi connectivity index (χ0) is 17.4. The summed E-state index contributed by atoms with van der Waals surface area (Å²) in [5, 5.41) is 3.18. The number of anilines is 1. The van der Waals surface area contributed by atoms with Gasteiger partial charge in [0, 0.05) is 4.47 Å². The zero-order valence-electron chi connectivity index (χ0n) is 13.7. The number of hydrogen-bond donors (Lipinski definition) is 1. The van der Waals surface area contributed by atoms with E-state index in [0.29, 0.717) is 10.9 Å². The molecule has 124 valence electrons. The van der Waals surface area contributed by atoms with Crippen molar-refractivity contribution >= 4 is 38.8 Å². The van der Waals surface area contributed by atoms with Crippen LogP contribution in [-0.4, -0.2) is 22.6 Å². The average Bonchev–Trinajstić information content (AvgIpc) is 2.40. The number of esters is 1. The molecule has 0 spiro atoms. The fraction of sp³-hybridized carbons (Fsp3) is 0.438. The Kier molecular flexibility index (Phi) is 4.79. The number of aryl methyl sites for hydroxylation is 1. The zero-order valence-corrected chi connectivity index (χ0v) is 15.3. The lowest BCUT2D eigenvalue weighted by atomic mass is 10.1. The van der Waals surface area contributed by atoms with E-state index >= 15 is 0 Å². The van der Waals surface area contributed by atoms with Crippen LogP contribution in [0.4, 0.5) is 6.01 Å². The summed E-state index contributed by atoms with van der Waals surface area (Å²) < 4.78 is 11.2. The Morgan fingerprint density at radius 2 is 2.04 bits per heavy atom. The third-order valence-corrected chi connectivity index (χ3v) is 3.95. The monoisotopic (exact) mass is 382 g/mol. The van der Waals surface area contributed by atoms with Gasteiger partial charge in [-0.1, -0.05) is 15.9 Å². The number of nitrogens with zero attached hydrogens (tertiary/aromatic N) is 1. The molecule has 1 aromatic heterocycles. The summed E-state index contributed by atoms with van der Waals surface area (Å²) in [7, 11) is 0. The topological polar surface area (TPSA) is 81.4 Å². The van der Waals surface area contributed by atoms with E-state index in [1.165, 1.54) is 0 Å². The van der Waals surface area contributed by atoms with E-state index in [0.717, 1.165) is 10.0 Å². The molecule has 0 saturated carbocycles. The fourth-order valence-corrected chi connectivity index (χ4v) is 2.32. The lowest BCUT2D eigenvalue weighted by Gasteiger charge is -2.22. The Morgan fingerprint density at radius 3 is 2.65 bits per heavy atom. The molecular formula is C16H19BrN2O4. The molecule has 6 nitrogen and oxygen atoms in total. The van der Waals surface area contributed by atoms with E-state index in [1.54, 1.807) is 40.7 Å². The molecule has 0 aliphatic rings. The summed E-state index contributed by atoms with van der Waals surface area (Å²) in [6.07, 6.45) is 0. The molecule has 7 heteroatoms. The van der Waals surface area contributed by atoms with Gasteiger partial charge in [0.05, 0.1) is 10.9 Å². The van der Waals surface area contributed by atoms with Gasteiger partial charge in [0.25, 0.3) is 6.01 Å². The summed E-state index contributed by atoms with van der Waals surface area (Å²) >= 11 is 3.37. The Balaban J connectivity index is 2.30. The normalized spacial score (nSPS) is 13.0. The molecule has 0 bridgehead atoms. The van der Waals surface area contributed by atoms with Gasteiger partial charge >= 0.3 is 11.6 Å². The first-order chi connectivity index (χ1) is 10.6. The molecule has 2 aromatic rings. The van der Waals surface area contributed by atoms with E-state index in [9.17, 15) is 9.59 Å². The van der Waals surface area contributed by atoms with Crippen LogP contribution >= 0.6 is 15.9 Å². The van der Waals surface area contributed by atoms with Gasteiger partial charge in [-0.25, -0.2) is 9.59 Å². The highest BCUT2D eigenvalue weighted by Crippen LogP contribution is 2.23. The highest BCUT2D eigenvalue weighted by Gasteiger charge is 2.23. The molecule has 0 aliphatic carbocycles. The van der Waals surface area contributed by atoms with Gasteiger partial charge in [-0.05, 0) is 52.3 Å². The van der Waals surface area contributed by atoms with E-state index in [1.807, 2.05) is 6.07 Å². The Hall–Kier alpha value is -1.89. The first-order valence-corrected chi connectivity index (χ1v) is 7.97. The van der Waals surface area contributed by atoms with E-state index in [4.69, 9.17) is 9.15 Å². The predicted octanol–water partition coefficient (Wildman–Crippen LogP) is 3.40. The predicted molar refractivity (Wildman–Crippen MR) is 91.6 cm³/mol. The van der Waals surface area contributed by atoms with Crippen molar-refractivity contribution in [2.45, 2.75) is 46.3 Å². The maximum atomic E-state index is 12.2. The second-order valence-electron chi connectivity index (χ2n) is 6.27. The SMILES string of the molecule is Cc1c(Br)ccc2nc(N[C@@H](C)C(=O)OC(C)(C)C)oc(=O)c12. The number of carbonyl (C=O) groups is 1. The van der Waals surface area contributed by atoms with Crippen molar-refractivity contribution in [3.05, 3.63) is 32.6 Å². The molecule has 0 unspecified atom stereocenters. The number of fused-ring (bicyclic) bond motifs is 1. The number of ether oxygens (including phenoxy) is 1. The molecule has 1 aromatic carbocycles. The maximum absolute atomic E-state index is 12.2. The van der Waals surface area contributed by atoms with Crippen molar-refractivity contribution in [1.82, 2.24) is 4.98 Å². The number of aromatic nitrogens is 1. The molecule has 0 amide bonds. The summed E-state index contributed by atoms with van der Waals surface area (Å²) in [5.74, 6) is -0.450. The molecule has 1 atom stereocenters. The number of carbonyl (C=O) groups excluding carboxylic acids is 1. The standard InChI is InChI=1S/C16H19BrN2O4/c1-8-10(17)6-7-11-12(8)14(21)22-15(19-11)18-9(2)13(20)23-16(3,4)5/h6-7,9H,1-5H3,(H,18,19)/t9-/m0/s1. The van der Waals surface area contributed by atoms with Crippen molar-refractivity contribution in [3.8, 4) is 0 Å². The summed E-state index contributed by atoms with van der Waals surface area (Å²) in [6.45, 7) is 8.78. The highest BCUT2D eigenvalue weighted by atomic mass is 79.9. The number of benzene rings is 1. The van der Waals surface area contributed by atoms with Crippen LogP contribution in [0.3, 0.4) is 0 Å². The molecule has 0 radical (unpaired) electrons. The Labute approximate surface area is 142 Å². The first kappa shape index (κ1) is 17.5. The van der Waals surface area contributed by atoms with Crippen LogP contribution in [0.15, 0.2) is 25.8 Å². The highest BCUT2D eigenvalue weighted by molar-refractivity contribution is 9.10. The van der Waals surface area contributed by atoms with E-state index < -0.39 is 23.2 Å². The number of nitrogens with one attached hydrogen (secondary N) is 1. The minimum atomic E-state index is -0.695. The summed E-state index contributed by atoms with van der Waals surface area (Å²) in [5.41, 5.74) is 0.164. The van der Waals surface area contributed by atoms with E-state index in [-0.39, 0.29) is 6.01 Å².